The molecule has 0 bridgehead atoms. The quantitative estimate of drug-likeness (QED) is 0.312. The van der Waals surface area contributed by atoms with Crippen molar-refractivity contribution >= 4 is 0 Å². The van der Waals surface area contributed by atoms with Gasteiger partial charge in [0.15, 0.2) is 12.4 Å². The van der Waals surface area contributed by atoms with Gasteiger partial charge in [0.05, 0.1) is 13.2 Å². The first-order chi connectivity index (χ1) is 7.58. The maximum absolute atomic E-state index is 8.88. The summed E-state index contributed by atoms with van der Waals surface area (Å²) in [5, 5.41) is 17.8. The summed E-state index contributed by atoms with van der Waals surface area (Å²) in [7, 11) is 1.48. The number of rotatable bonds is 4. The van der Waals surface area contributed by atoms with Crippen LogP contribution in [0.4, 0.5) is 0 Å². The summed E-state index contributed by atoms with van der Waals surface area (Å²) in [4.78, 5) is 11.1. The molecule has 88 valence electrons. The van der Waals surface area contributed by atoms with Crippen molar-refractivity contribution in [1.29, 1.82) is 10.5 Å². The number of nitrogens with zero attached hydrogens (tertiary/aromatic N) is 3. The van der Waals surface area contributed by atoms with Crippen LogP contribution < -0.4 is 0 Å². The molecule has 1 aliphatic rings. The molecule has 1 rings (SSSR count). The number of hydrogen-bond donors (Lipinski definition) is 0. The van der Waals surface area contributed by atoms with Gasteiger partial charge in [-0.15, -0.1) is 0 Å². The molecule has 0 radical (unpaired) electrons. The highest BCUT2D eigenvalue weighted by Gasteiger charge is 2.54. The maximum atomic E-state index is 8.88. The van der Waals surface area contributed by atoms with Gasteiger partial charge in [-0.05, 0) is 5.92 Å². The van der Waals surface area contributed by atoms with E-state index in [0.717, 1.165) is 4.90 Å². The first-order valence-electron chi connectivity index (χ1n) is 5.36. The van der Waals surface area contributed by atoms with E-state index >= 15 is 0 Å². The van der Waals surface area contributed by atoms with E-state index in [1.54, 1.807) is 0 Å². The molecule has 5 heteroatoms. The summed E-state index contributed by atoms with van der Waals surface area (Å²) in [6, 6.07) is -0.0739. The summed E-state index contributed by atoms with van der Waals surface area (Å²) >= 11 is 0. The third-order valence-corrected chi connectivity index (χ3v) is 3.32. The van der Waals surface area contributed by atoms with Gasteiger partial charge in [0.1, 0.15) is 6.10 Å². The van der Waals surface area contributed by atoms with Crippen LogP contribution in [0.2, 0.25) is 0 Å². The second-order valence-corrected chi connectivity index (χ2v) is 4.47. The zero-order valence-corrected chi connectivity index (χ0v) is 10.0. The molecular formula is C11H17N3O2. The molecule has 5 nitrogen and oxygen atoms in total. The van der Waals surface area contributed by atoms with Crippen LogP contribution in [0.25, 0.3) is 0 Å². The van der Waals surface area contributed by atoms with Gasteiger partial charge >= 0.3 is 0 Å². The standard InChI is InChI=1S/C11H17N3O2/c1-7(2)9-10(14(5-12)6-13)8(3)11(9)16-15-4/h7-11H,1-4H3. The van der Waals surface area contributed by atoms with Gasteiger partial charge in [-0.25, -0.2) is 14.7 Å². The average Bonchev–Trinajstić information content (AvgIpc) is 2.26. The molecule has 0 aromatic rings. The fourth-order valence-corrected chi connectivity index (χ4v) is 2.54. The van der Waals surface area contributed by atoms with Gasteiger partial charge in [-0.1, -0.05) is 20.8 Å². The molecule has 0 N–H and O–H groups in total. The zero-order valence-electron chi connectivity index (χ0n) is 10.0. The largest absolute Gasteiger partial charge is 0.240 e. The fraction of sp³-hybridized carbons (Fsp3) is 0.818. The summed E-state index contributed by atoms with van der Waals surface area (Å²) in [5.41, 5.74) is 0. The average molecular weight is 223 g/mol. The van der Waals surface area contributed by atoms with Gasteiger partial charge in [0, 0.05) is 11.8 Å². The Balaban J connectivity index is 2.80. The molecule has 0 aromatic carbocycles. The Hall–Kier alpha value is -1.30. The molecule has 4 unspecified atom stereocenters. The molecule has 0 amide bonds. The lowest BCUT2D eigenvalue weighted by Gasteiger charge is -2.51. The van der Waals surface area contributed by atoms with Crippen LogP contribution >= 0.6 is 0 Å². The highest BCUT2D eigenvalue weighted by molar-refractivity contribution is 5.09. The molecule has 0 saturated heterocycles. The van der Waals surface area contributed by atoms with Crippen LogP contribution in [-0.2, 0) is 9.78 Å². The van der Waals surface area contributed by atoms with Crippen molar-refractivity contribution in [2.45, 2.75) is 32.9 Å². The van der Waals surface area contributed by atoms with Gasteiger partial charge < -0.3 is 0 Å². The molecule has 0 aliphatic heterocycles. The van der Waals surface area contributed by atoms with E-state index in [1.165, 1.54) is 7.11 Å². The van der Waals surface area contributed by atoms with Gasteiger partial charge in [-0.3, -0.25) is 0 Å². The van der Waals surface area contributed by atoms with Crippen molar-refractivity contribution in [3.8, 4) is 12.4 Å². The van der Waals surface area contributed by atoms with E-state index in [4.69, 9.17) is 20.3 Å². The van der Waals surface area contributed by atoms with E-state index < -0.39 is 0 Å². The topological polar surface area (TPSA) is 69.3 Å². The second kappa shape index (κ2) is 5.16. The Morgan fingerprint density at radius 2 is 1.81 bits per heavy atom. The molecule has 0 spiro atoms. The van der Waals surface area contributed by atoms with Gasteiger partial charge in [-0.2, -0.15) is 10.5 Å². The Bertz CT molecular complexity index is 304. The van der Waals surface area contributed by atoms with Crippen molar-refractivity contribution < 1.29 is 9.78 Å². The zero-order chi connectivity index (χ0) is 12.3. The highest BCUT2D eigenvalue weighted by Crippen LogP contribution is 2.44. The first kappa shape index (κ1) is 12.8. The number of nitriles is 2. The van der Waals surface area contributed by atoms with E-state index in [9.17, 15) is 0 Å². The van der Waals surface area contributed by atoms with Gasteiger partial charge in [0.2, 0.25) is 0 Å². The Labute approximate surface area is 96.1 Å². The second-order valence-electron chi connectivity index (χ2n) is 4.47. The third-order valence-electron chi connectivity index (χ3n) is 3.32. The van der Waals surface area contributed by atoms with E-state index in [0.29, 0.717) is 5.92 Å². The molecule has 4 atom stereocenters. The molecule has 1 saturated carbocycles. The molecule has 16 heavy (non-hydrogen) atoms. The Morgan fingerprint density at radius 3 is 2.19 bits per heavy atom. The molecule has 1 fully saturated rings. The molecular weight excluding hydrogens is 206 g/mol. The van der Waals surface area contributed by atoms with Crippen molar-refractivity contribution in [3.63, 3.8) is 0 Å². The first-order valence-corrected chi connectivity index (χ1v) is 5.36. The third kappa shape index (κ3) is 1.97. The summed E-state index contributed by atoms with van der Waals surface area (Å²) < 4.78 is 0. The monoisotopic (exact) mass is 223 g/mol. The minimum absolute atomic E-state index is 0.0424. The highest BCUT2D eigenvalue weighted by atomic mass is 17.2. The fourth-order valence-electron chi connectivity index (χ4n) is 2.54. The van der Waals surface area contributed by atoms with Crippen LogP contribution in [-0.4, -0.2) is 24.2 Å². The maximum Gasteiger partial charge on any atom is 0.194 e. The van der Waals surface area contributed by atoms with Crippen LogP contribution in [0.15, 0.2) is 0 Å². The van der Waals surface area contributed by atoms with Crippen molar-refractivity contribution in [2.24, 2.45) is 17.8 Å². The minimum Gasteiger partial charge on any atom is -0.240 e. The molecule has 0 aromatic heterocycles. The van der Waals surface area contributed by atoms with E-state index in [1.807, 2.05) is 19.3 Å². The van der Waals surface area contributed by atoms with Crippen LogP contribution in [0.1, 0.15) is 20.8 Å². The van der Waals surface area contributed by atoms with Crippen LogP contribution in [0.5, 0.6) is 0 Å². The Morgan fingerprint density at radius 1 is 1.25 bits per heavy atom. The normalized spacial score (nSPS) is 32.7. The van der Waals surface area contributed by atoms with E-state index in [2.05, 4.69) is 13.8 Å². The summed E-state index contributed by atoms with van der Waals surface area (Å²) in [5.74, 6) is 0.603. The minimum atomic E-state index is -0.0739. The lowest BCUT2D eigenvalue weighted by atomic mass is 9.62. The summed E-state index contributed by atoms with van der Waals surface area (Å²) in [6.45, 7) is 6.08. The smallest absolute Gasteiger partial charge is 0.194 e. The van der Waals surface area contributed by atoms with Crippen molar-refractivity contribution in [3.05, 3.63) is 0 Å². The van der Waals surface area contributed by atoms with E-state index in [-0.39, 0.29) is 24.0 Å². The molecule has 1 aliphatic carbocycles. The van der Waals surface area contributed by atoms with Crippen molar-refractivity contribution in [2.75, 3.05) is 7.11 Å². The summed E-state index contributed by atoms with van der Waals surface area (Å²) in [6.07, 6.45) is 3.77. The lowest BCUT2D eigenvalue weighted by molar-refractivity contribution is -0.356. The predicted molar refractivity (Wildman–Crippen MR) is 56.2 cm³/mol. The lowest BCUT2D eigenvalue weighted by Crippen LogP contribution is -2.62. The number of hydrogen-bond acceptors (Lipinski definition) is 5. The molecule has 0 heterocycles. The van der Waals surface area contributed by atoms with Crippen LogP contribution in [0.3, 0.4) is 0 Å². The SMILES string of the molecule is COOC1C(C)C(N(C#N)C#N)C1C(C)C. The van der Waals surface area contributed by atoms with Gasteiger partial charge in [0.25, 0.3) is 0 Å². The predicted octanol–water partition coefficient (Wildman–Crippen LogP) is 1.49. The van der Waals surface area contributed by atoms with Crippen LogP contribution in [0, 0.1) is 40.7 Å². The Kier molecular flexibility index (Phi) is 4.12. The van der Waals surface area contributed by atoms with Crippen molar-refractivity contribution in [1.82, 2.24) is 4.90 Å².